The summed E-state index contributed by atoms with van der Waals surface area (Å²) in [7, 11) is 1.72. The van der Waals surface area contributed by atoms with Crippen molar-refractivity contribution >= 4 is 44.5 Å². The highest BCUT2D eigenvalue weighted by Gasteiger charge is 2.36. The Morgan fingerprint density at radius 1 is 1.36 bits per heavy atom. The van der Waals surface area contributed by atoms with Crippen molar-refractivity contribution in [3.63, 3.8) is 0 Å². The van der Waals surface area contributed by atoms with Gasteiger partial charge in [-0.3, -0.25) is 0 Å². The molecule has 4 rings (SSSR count). The Bertz CT molecular complexity index is 1070. The maximum atomic E-state index is 14.0. The molecule has 3 heterocycles. The van der Waals surface area contributed by atoms with Crippen LogP contribution in [0.3, 0.4) is 0 Å². The van der Waals surface area contributed by atoms with E-state index in [1.54, 1.807) is 22.5 Å². The Morgan fingerprint density at radius 3 is 2.75 bits per heavy atom. The van der Waals surface area contributed by atoms with Crippen LogP contribution in [0.2, 0.25) is 0 Å². The third-order valence-electron chi connectivity index (χ3n) is 4.61. The van der Waals surface area contributed by atoms with Crippen LogP contribution in [0.4, 0.5) is 15.1 Å². The molecule has 1 fully saturated rings. The molecule has 1 aromatic carbocycles. The maximum absolute atomic E-state index is 14.0. The molecule has 8 nitrogen and oxygen atoms in total. The second-order valence-corrected chi connectivity index (χ2v) is 8.70. The van der Waals surface area contributed by atoms with Crippen molar-refractivity contribution in [1.82, 2.24) is 24.5 Å². The van der Waals surface area contributed by atoms with Crippen molar-refractivity contribution < 1.29 is 13.9 Å². The fourth-order valence-electron chi connectivity index (χ4n) is 3.09. The number of amides is 1. The molecule has 0 spiro atoms. The minimum atomic E-state index is -0.542. The SMILES string of the molecule is CN(C(=O)OC(C)(C)C)C1CN(c2nc3cc(F)c(Br)cc3c3ncnn23)C1. The van der Waals surface area contributed by atoms with E-state index in [9.17, 15) is 9.18 Å². The number of ether oxygens (including phenoxy) is 1. The summed E-state index contributed by atoms with van der Waals surface area (Å²) in [6, 6.07) is 3.02. The second-order valence-electron chi connectivity index (χ2n) is 7.84. The number of rotatable bonds is 2. The largest absolute Gasteiger partial charge is 0.444 e. The minimum absolute atomic E-state index is 0.00688. The summed E-state index contributed by atoms with van der Waals surface area (Å²) in [4.78, 5) is 24.7. The van der Waals surface area contributed by atoms with Crippen LogP contribution in [0.15, 0.2) is 22.9 Å². The smallest absolute Gasteiger partial charge is 0.410 e. The number of likely N-dealkylation sites (N-methyl/N-ethyl adjacent to an activating group) is 1. The van der Waals surface area contributed by atoms with E-state index in [4.69, 9.17) is 4.74 Å². The first-order valence-electron chi connectivity index (χ1n) is 8.83. The second kappa shape index (κ2) is 6.54. The quantitative estimate of drug-likeness (QED) is 0.596. The Kier molecular flexibility index (Phi) is 4.40. The minimum Gasteiger partial charge on any atom is -0.444 e. The van der Waals surface area contributed by atoms with Crippen molar-refractivity contribution in [2.24, 2.45) is 0 Å². The van der Waals surface area contributed by atoms with Gasteiger partial charge >= 0.3 is 6.09 Å². The highest BCUT2D eigenvalue weighted by Crippen LogP contribution is 2.29. The van der Waals surface area contributed by atoms with Gasteiger partial charge in [0.15, 0.2) is 5.65 Å². The lowest BCUT2D eigenvalue weighted by Crippen LogP contribution is -2.61. The summed E-state index contributed by atoms with van der Waals surface area (Å²) in [5.74, 6) is 0.177. The summed E-state index contributed by atoms with van der Waals surface area (Å²) >= 11 is 3.20. The molecule has 148 valence electrons. The van der Waals surface area contributed by atoms with Crippen molar-refractivity contribution in [3.8, 4) is 0 Å². The van der Waals surface area contributed by atoms with Crippen molar-refractivity contribution in [1.29, 1.82) is 0 Å². The Morgan fingerprint density at radius 2 is 2.07 bits per heavy atom. The zero-order valence-corrected chi connectivity index (χ0v) is 17.6. The molecular weight excluding hydrogens is 431 g/mol. The highest BCUT2D eigenvalue weighted by molar-refractivity contribution is 9.10. The van der Waals surface area contributed by atoms with Crippen LogP contribution in [0.25, 0.3) is 16.6 Å². The van der Waals surface area contributed by atoms with Gasteiger partial charge in [-0.25, -0.2) is 19.2 Å². The van der Waals surface area contributed by atoms with Crippen LogP contribution in [0, 0.1) is 5.82 Å². The molecule has 10 heteroatoms. The molecule has 0 unspecified atom stereocenters. The molecule has 0 atom stereocenters. The van der Waals surface area contributed by atoms with Gasteiger partial charge in [0.25, 0.3) is 0 Å². The first-order valence-corrected chi connectivity index (χ1v) is 9.62. The number of hydrogen-bond acceptors (Lipinski definition) is 6. The molecule has 28 heavy (non-hydrogen) atoms. The van der Waals surface area contributed by atoms with Crippen molar-refractivity contribution in [2.75, 3.05) is 25.0 Å². The lowest BCUT2D eigenvalue weighted by Gasteiger charge is -2.44. The van der Waals surface area contributed by atoms with Crippen molar-refractivity contribution in [3.05, 3.63) is 28.7 Å². The highest BCUT2D eigenvalue weighted by atomic mass is 79.9. The summed E-state index contributed by atoms with van der Waals surface area (Å²) in [5.41, 5.74) is 0.560. The number of fused-ring (bicyclic) bond motifs is 3. The fraction of sp³-hybridized carbons (Fsp3) is 0.444. The van der Waals surface area contributed by atoms with Gasteiger partial charge in [-0.2, -0.15) is 9.61 Å². The predicted molar refractivity (Wildman–Crippen MR) is 106 cm³/mol. The molecule has 2 aromatic heterocycles. The first kappa shape index (κ1) is 18.9. The summed E-state index contributed by atoms with van der Waals surface area (Å²) in [6.45, 7) is 6.65. The van der Waals surface area contributed by atoms with E-state index >= 15 is 0 Å². The zero-order chi connectivity index (χ0) is 20.2. The number of carbonyl (C=O) groups excluding carboxylic acids is 1. The molecule has 1 saturated heterocycles. The van der Waals surface area contributed by atoms with Gasteiger partial charge in [-0.15, -0.1) is 0 Å². The topological polar surface area (TPSA) is 75.9 Å². The Labute approximate surface area is 169 Å². The van der Waals surface area contributed by atoms with Crippen LogP contribution >= 0.6 is 15.9 Å². The monoisotopic (exact) mass is 450 g/mol. The third kappa shape index (κ3) is 3.25. The van der Waals surface area contributed by atoms with E-state index < -0.39 is 5.60 Å². The molecule has 0 aliphatic carbocycles. The van der Waals surface area contributed by atoms with Gasteiger partial charge in [-0.05, 0) is 42.8 Å². The predicted octanol–water partition coefficient (Wildman–Crippen LogP) is 3.23. The maximum Gasteiger partial charge on any atom is 0.410 e. The third-order valence-corrected chi connectivity index (χ3v) is 5.22. The standard InChI is InChI=1S/C18H20BrFN6O2/c1-18(2,3)28-17(27)24(4)10-7-25(8-10)16-23-14-6-13(20)12(19)5-11(14)15-21-9-22-26(15)16/h5-6,9-10H,7-8H2,1-4H3. The average Bonchev–Trinajstić information content (AvgIpc) is 3.03. The average molecular weight is 451 g/mol. The molecule has 0 N–H and O–H groups in total. The summed E-state index contributed by atoms with van der Waals surface area (Å²) in [5, 5.41) is 4.97. The summed E-state index contributed by atoms with van der Waals surface area (Å²) in [6.07, 6.45) is 1.09. The molecule has 1 amide bonds. The fourth-order valence-corrected chi connectivity index (χ4v) is 3.43. The summed E-state index contributed by atoms with van der Waals surface area (Å²) < 4.78 is 21.4. The van der Waals surface area contributed by atoms with Crippen LogP contribution in [-0.2, 0) is 4.74 Å². The zero-order valence-electron chi connectivity index (χ0n) is 16.0. The molecule has 0 saturated carbocycles. The van der Waals surface area contributed by atoms with E-state index in [1.165, 1.54) is 12.4 Å². The molecular formula is C18H20BrFN6O2. The molecule has 0 radical (unpaired) electrons. The molecule has 1 aliphatic heterocycles. The van der Waals surface area contributed by atoms with E-state index in [0.29, 0.717) is 40.1 Å². The first-order chi connectivity index (χ1) is 13.1. The molecule has 1 aliphatic rings. The van der Waals surface area contributed by atoms with E-state index in [-0.39, 0.29) is 18.0 Å². The Hall–Kier alpha value is -2.49. The Balaban J connectivity index is 1.60. The van der Waals surface area contributed by atoms with E-state index in [1.807, 2.05) is 25.7 Å². The number of halogens is 2. The van der Waals surface area contributed by atoms with Gasteiger partial charge in [0, 0.05) is 31.6 Å². The number of anilines is 1. The normalized spacial score (nSPS) is 15.1. The molecule has 3 aromatic rings. The van der Waals surface area contributed by atoms with Gasteiger partial charge in [0.05, 0.1) is 16.0 Å². The lowest BCUT2D eigenvalue weighted by atomic mass is 10.1. The van der Waals surface area contributed by atoms with Gasteiger partial charge in [0.1, 0.15) is 17.7 Å². The number of nitrogens with zero attached hydrogens (tertiary/aromatic N) is 6. The molecule has 0 bridgehead atoms. The van der Waals surface area contributed by atoms with Crippen LogP contribution in [0.5, 0.6) is 0 Å². The lowest BCUT2D eigenvalue weighted by molar-refractivity contribution is 0.0196. The van der Waals surface area contributed by atoms with Crippen molar-refractivity contribution in [2.45, 2.75) is 32.4 Å². The van der Waals surface area contributed by atoms with Gasteiger partial charge in [-0.1, -0.05) is 0 Å². The van der Waals surface area contributed by atoms with E-state index in [2.05, 4.69) is 31.0 Å². The van der Waals surface area contributed by atoms with Gasteiger partial charge in [0.2, 0.25) is 5.95 Å². The number of hydrogen-bond donors (Lipinski definition) is 0. The van der Waals surface area contributed by atoms with Gasteiger partial charge < -0.3 is 14.5 Å². The number of carbonyl (C=O) groups is 1. The number of benzene rings is 1. The number of aromatic nitrogens is 4. The van der Waals surface area contributed by atoms with E-state index in [0.717, 1.165) is 0 Å². The van der Waals surface area contributed by atoms with Crippen LogP contribution < -0.4 is 4.90 Å². The van der Waals surface area contributed by atoms with Crippen LogP contribution in [-0.4, -0.2) is 62.4 Å². The van der Waals surface area contributed by atoms with Crippen LogP contribution in [0.1, 0.15) is 20.8 Å².